The third-order valence-electron chi connectivity index (χ3n) is 2.95. The number of alkyl halides is 3. The van der Waals surface area contributed by atoms with Gasteiger partial charge in [-0.15, -0.1) is 0 Å². The number of urea groups is 1. The van der Waals surface area contributed by atoms with E-state index in [1.54, 1.807) is 31.0 Å². The average Bonchev–Trinajstić information content (AvgIpc) is 2.92. The Labute approximate surface area is 135 Å². The highest BCUT2D eigenvalue weighted by Gasteiger charge is 2.28. The number of hydrogen-bond donors (Lipinski definition) is 2. The van der Waals surface area contributed by atoms with Crippen molar-refractivity contribution in [2.24, 2.45) is 7.05 Å². The number of nitrogens with one attached hydrogen (secondary N) is 2. The van der Waals surface area contributed by atoms with Gasteiger partial charge in [-0.1, -0.05) is 0 Å². The van der Waals surface area contributed by atoms with Crippen molar-refractivity contribution in [3.8, 4) is 5.88 Å². The van der Waals surface area contributed by atoms with E-state index in [9.17, 15) is 18.0 Å². The standard InChI is InChI=1S/C14H16F3N5O2/c1-9(10-5-19-22(2)7-10)20-13(23)21-11-3-4-12(18-6-11)24-8-14(15,16)17/h3-7,9H,8H2,1-2H3,(H2,20,21,23). The van der Waals surface area contributed by atoms with Crippen LogP contribution in [-0.4, -0.2) is 33.6 Å². The molecule has 2 aromatic rings. The SMILES string of the molecule is CC(NC(=O)Nc1ccc(OCC(F)(F)F)nc1)c1cnn(C)c1. The summed E-state index contributed by atoms with van der Waals surface area (Å²) < 4.78 is 42.2. The van der Waals surface area contributed by atoms with Crippen LogP contribution in [0.25, 0.3) is 0 Å². The van der Waals surface area contributed by atoms with Crippen LogP contribution in [0, 0.1) is 0 Å². The van der Waals surface area contributed by atoms with Crippen LogP contribution in [0.1, 0.15) is 18.5 Å². The zero-order chi connectivity index (χ0) is 17.7. The molecular weight excluding hydrogens is 327 g/mol. The number of rotatable bonds is 5. The smallest absolute Gasteiger partial charge is 0.422 e. The zero-order valence-electron chi connectivity index (χ0n) is 13.0. The number of carbonyl (C=O) groups is 1. The molecule has 0 aliphatic carbocycles. The lowest BCUT2D eigenvalue weighted by molar-refractivity contribution is -0.154. The highest BCUT2D eigenvalue weighted by atomic mass is 19.4. The van der Waals surface area contributed by atoms with Gasteiger partial charge in [0.25, 0.3) is 0 Å². The highest BCUT2D eigenvalue weighted by molar-refractivity contribution is 5.89. The van der Waals surface area contributed by atoms with E-state index in [1.807, 2.05) is 0 Å². The summed E-state index contributed by atoms with van der Waals surface area (Å²) in [5, 5.41) is 9.25. The van der Waals surface area contributed by atoms with E-state index in [0.717, 1.165) is 5.56 Å². The predicted molar refractivity (Wildman–Crippen MR) is 79.6 cm³/mol. The summed E-state index contributed by atoms with van der Waals surface area (Å²) in [5.41, 5.74) is 1.16. The Morgan fingerprint density at radius 1 is 1.38 bits per heavy atom. The lowest BCUT2D eigenvalue weighted by Crippen LogP contribution is -2.31. The number of halogens is 3. The zero-order valence-corrected chi connectivity index (χ0v) is 13.0. The van der Waals surface area contributed by atoms with Crippen LogP contribution in [0.5, 0.6) is 5.88 Å². The van der Waals surface area contributed by atoms with Crippen molar-refractivity contribution in [2.75, 3.05) is 11.9 Å². The van der Waals surface area contributed by atoms with E-state index in [2.05, 4.69) is 25.5 Å². The average molecular weight is 343 g/mol. The second kappa shape index (κ2) is 7.20. The van der Waals surface area contributed by atoms with Crippen LogP contribution in [-0.2, 0) is 7.05 Å². The van der Waals surface area contributed by atoms with E-state index in [4.69, 9.17) is 0 Å². The number of hydrogen-bond acceptors (Lipinski definition) is 4. The molecule has 0 aliphatic heterocycles. The Hall–Kier alpha value is -2.78. The maximum atomic E-state index is 12.0. The fourth-order valence-electron chi connectivity index (χ4n) is 1.81. The maximum absolute atomic E-state index is 12.0. The summed E-state index contributed by atoms with van der Waals surface area (Å²) in [4.78, 5) is 15.6. The first-order valence-electron chi connectivity index (χ1n) is 6.94. The minimum atomic E-state index is -4.43. The minimum absolute atomic E-state index is 0.179. The maximum Gasteiger partial charge on any atom is 0.422 e. The largest absolute Gasteiger partial charge is 0.468 e. The lowest BCUT2D eigenvalue weighted by Gasteiger charge is -2.13. The molecule has 0 bridgehead atoms. The number of amides is 2. The molecule has 1 unspecified atom stereocenters. The van der Waals surface area contributed by atoms with E-state index >= 15 is 0 Å². The predicted octanol–water partition coefficient (Wildman–Crippen LogP) is 2.64. The van der Waals surface area contributed by atoms with Gasteiger partial charge in [-0.25, -0.2) is 9.78 Å². The molecule has 2 rings (SSSR count). The van der Waals surface area contributed by atoms with Gasteiger partial charge in [0.15, 0.2) is 6.61 Å². The first-order chi connectivity index (χ1) is 11.2. The molecule has 2 aromatic heterocycles. The van der Waals surface area contributed by atoms with Gasteiger partial charge in [0.2, 0.25) is 5.88 Å². The van der Waals surface area contributed by atoms with Crippen LogP contribution < -0.4 is 15.4 Å². The molecule has 10 heteroatoms. The summed E-state index contributed by atoms with van der Waals surface area (Å²) >= 11 is 0. The van der Waals surface area contributed by atoms with Crippen LogP contribution in [0.4, 0.5) is 23.7 Å². The molecule has 1 atom stereocenters. The third kappa shape index (κ3) is 5.45. The Balaban J connectivity index is 1.85. The first kappa shape index (κ1) is 17.6. The molecule has 7 nitrogen and oxygen atoms in total. The number of ether oxygens (including phenoxy) is 1. The van der Waals surface area contributed by atoms with E-state index in [-0.39, 0.29) is 11.9 Å². The summed E-state index contributed by atoms with van der Waals surface area (Å²) in [6, 6.07) is 1.90. The van der Waals surface area contributed by atoms with E-state index in [1.165, 1.54) is 18.3 Å². The summed E-state index contributed by atoms with van der Waals surface area (Å²) in [7, 11) is 1.77. The first-order valence-corrected chi connectivity index (χ1v) is 6.94. The van der Waals surface area contributed by atoms with Crippen molar-refractivity contribution < 1.29 is 22.7 Å². The Morgan fingerprint density at radius 2 is 2.12 bits per heavy atom. The van der Waals surface area contributed by atoms with Crippen LogP contribution in [0.2, 0.25) is 0 Å². The summed E-state index contributed by atoms with van der Waals surface area (Å²) in [6.45, 7) is 0.374. The van der Waals surface area contributed by atoms with Crippen molar-refractivity contribution in [3.05, 3.63) is 36.3 Å². The second-order valence-electron chi connectivity index (χ2n) is 5.06. The molecule has 0 aromatic carbocycles. The van der Waals surface area contributed by atoms with Crippen LogP contribution in [0.3, 0.4) is 0 Å². The molecular formula is C14H16F3N5O2. The molecule has 0 saturated heterocycles. The van der Waals surface area contributed by atoms with Gasteiger partial charge in [0.1, 0.15) is 0 Å². The lowest BCUT2D eigenvalue weighted by atomic mass is 10.2. The van der Waals surface area contributed by atoms with Crippen molar-refractivity contribution in [1.82, 2.24) is 20.1 Å². The van der Waals surface area contributed by atoms with Gasteiger partial charge in [-0.05, 0) is 13.0 Å². The molecule has 2 N–H and O–H groups in total. The van der Waals surface area contributed by atoms with Crippen molar-refractivity contribution in [3.63, 3.8) is 0 Å². The van der Waals surface area contributed by atoms with E-state index < -0.39 is 18.8 Å². The van der Waals surface area contributed by atoms with Gasteiger partial charge >= 0.3 is 12.2 Å². The summed E-state index contributed by atoms with van der Waals surface area (Å²) in [6.07, 6.45) is 0.194. The van der Waals surface area contributed by atoms with Gasteiger partial charge in [-0.3, -0.25) is 4.68 Å². The summed E-state index contributed by atoms with van der Waals surface area (Å²) in [5.74, 6) is -0.179. The molecule has 0 spiro atoms. The van der Waals surface area contributed by atoms with Crippen LogP contribution in [0.15, 0.2) is 30.7 Å². The number of aromatic nitrogens is 3. The normalized spacial score (nSPS) is 12.5. The Bertz CT molecular complexity index is 684. The number of pyridine rings is 1. The number of carbonyl (C=O) groups excluding carboxylic acids is 1. The molecule has 0 aliphatic rings. The number of anilines is 1. The Kier molecular flexibility index (Phi) is 5.27. The second-order valence-corrected chi connectivity index (χ2v) is 5.06. The Morgan fingerprint density at radius 3 is 2.67 bits per heavy atom. The van der Waals surface area contributed by atoms with Gasteiger partial charge in [0, 0.05) is 24.9 Å². The van der Waals surface area contributed by atoms with E-state index in [0.29, 0.717) is 5.69 Å². The molecule has 0 radical (unpaired) electrons. The van der Waals surface area contributed by atoms with Gasteiger partial charge in [-0.2, -0.15) is 18.3 Å². The van der Waals surface area contributed by atoms with Gasteiger partial charge in [0.05, 0.1) is 24.1 Å². The molecule has 0 saturated carbocycles. The van der Waals surface area contributed by atoms with Crippen molar-refractivity contribution >= 4 is 11.7 Å². The van der Waals surface area contributed by atoms with Gasteiger partial charge < -0.3 is 15.4 Å². The highest BCUT2D eigenvalue weighted by Crippen LogP contribution is 2.18. The molecule has 24 heavy (non-hydrogen) atoms. The van der Waals surface area contributed by atoms with Crippen molar-refractivity contribution in [1.29, 1.82) is 0 Å². The van der Waals surface area contributed by atoms with Crippen LogP contribution >= 0.6 is 0 Å². The topological polar surface area (TPSA) is 81.1 Å². The fourth-order valence-corrected chi connectivity index (χ4v) is 1.81. The fraction of sp³-hybridized carbons (Fsp3) is 0.357. The van der Waals surface area contributed by atoms with Crippen molar-refractivity contribution in [2.45, 2.75) is 19.1 Å². The monoisotopic (exact) mass is 343 g/mol. The third-order valence-corrected chi connectivity index (χ3v) is 2.95. The number of nitrogens with zero attached hydrogens (tertiary/aromatic N) is 3. The molecule has 0 fully saturated rings. The number of aryl methyl sites for hydroxylation is 1. The molecule has 130 valence electrons. The molecule has 2 heterocycles. The minimum Gasteiger partial charge on any atom is -0.468 e. The molecule has 2 amide bonds. The quantitative estimate of drug-likeness (QED) is 0.874.